The van der Waals surface area contributed by atoms with E-state index in [0.29, 0.717) is 6.54 Å². The lowest BCUT2D eigenvalue weighted by molar-refractivity contribution is -0.136. The number of benzene rings is 1. The molecule has 126 valence electrons. The van der Waals surface area contributed by atoms with Gasteiger partial charge in [-0.25, -0.2) is 0 Å². The fourth-order valence-corrected chi connectivity index (χ4v) is 3.28. The van der Waals surface area contributed by atoms with E-state index in [1.54, 1.807) is 6.92 Å². The minimum absolute atomic E-state index is 0.105. The van der Waals surface area contributed by atoms with Crippen molar-refractivity contribution >= 4 is 11.8 Å². The van der Waals surface area contributed by atoms with E-state index in [2.05, 4.69) is 16.7 Å². The summed E-state index contributed by atoms with van der Waals surface area (Å²) in [4.78, 5) is 27.0. The first-order valence-electron chi connectivity index (χ1n) is 8.28. The quantitative estimate of drug-likeness (QED) is 0.834. The highest BCUT2D eigenvalue weighted by molar-refractivity contribution is 5.93. The zero-order valence-electron chi connectivity index (χ0n) is 14.5. The third-order valence-electron chi connectivity index (χ3n) is 4.65. The lowest BCUT2D eigenvalue weighted by atomic mass is 9.89. The van der Waals surface area contributed by atoms with Gasteiger partial charge in [-0.05, 0) is 51.4 Å². The van der Waals surface area contributed by atoms with Crippen LogP contribution in [0.4, 0.5) is 0 Å². The highest BCUT2D eigenvalue weighted by Crippen LogP contribution is 2.40. The second-order valence-corrected chi connectivity index (χ2v) is 6.40. The summed E-state index contributed by atoms with van der Waals surface area (Å²) < 4.78 is 0. The maximum absolute atomic E-state index is 13.0. The van der Waals surface area contributed by atoms with Gasteiger partial charge in [0.15, 0.2) is 0 Å². The van der Waals surface area contributed by atoms with Crippen molar-refractivity contribution in [1.82, 2.24) is 15.5 Å². The molecule has 2 atom stereocenters. The van der Waals surface area contributed by atoms with Gasteiger partial charge in [-0.15, -0.1) is 0 Å². The monoisotopic (exact) mass is 317 g/mol. The van der Waals surface area contributed by atoms with Crippen molar-refractivity contribution in [3.05, 3.63) is 35.4 Å². The number of aryl methyl sites for hydroxylation is 1. The Labute approximate surface area is 138 Å². The van der Waals surface area contributed by atoms with Gasteiger partial charge in [0.05, 0.1) is 0 Å². The summed E-state index contributed by atoms with van der Waals surface area (Å²) in [6.45, 7) is 4.35. The van der Waals surface area contributed by atoms with Gasteiger partial charge in [-0.2, -0.15) is 0 Å². The Balaban J connectivity index is 2.20. The van der Waals surface area contributed by atoms with Gasteiger partial charge >= 0.3 is 0 Å². The van der Waals surface area contributed by atoms with E-state index in [4.69, 9.17) is 0 Å². The highest BCUT2D eigenvalue weighted by atomic mass is 16.2. The molecule has 1 aromatic rings. The summed E-state index contributed by atoms with van der Waals surface area (Å²) in [5.41, 5.74) is 1.55. The van der Waals surface area contributed by atoms with Crippen LogP contribution in [-0.2, 0) is 21.5 Å². The smallest absolute Gasteiger partial charge is 0.245 e. The number of likely N-dealkylation sites (N-methyl/N-ethyl adjacent to an activating group) is 1. The molecule has 5 nitrogen and oxygen atoms in total. The average Bonchev–Trinajstić information content (AvgIpc) is 2.93. The Morgan fingerprint density at radius 3 is 2.65 bits per heavy atom. The molecule has 0 fully saturated rings. The van der Waals surface area contributed by atoms with E-state index in [1.165, 1.54) is 5.56 Å². The van der Waals surface area contributed by atoms with Crippen LogP contribution >= 0.6 is 0 Å². The Morgan fingerprint density at radius 1 is 1.30 bits per heavy atom. The summed E-state index contributed by atoms with van der Waals surface area (Å²) in [7, 11) is 3.84. The zero-order chi connectivity index (χ0) is 17.0. The van der Waals surface area contributed by atoms with Crippen molar-refractivity contribution in [2.24, 2.45) is 0 Å². The van der Waals surface area contributed by atoms with E-state index >= 15 is 0 Å². The van der Waals surface area contributed by atoms with Crippen LogP contribution < -0.4 is 10.6 Å². The van der Waals surface area contributed by atoms with Crippen molar-refractivity contribution in [3.63, 3.8) is 0 Å². The number of fused-ring (bicyclic) bond motifs is 1. The van der Waals surface area contributed by atoms with Crippen LogP contribution in [0.3, 0.4) is 0 Å². The number of carbonyl (C=O) groups excluding carboxylic acids is 2. The van der Waals surface area contributed by atoms with Gasteiger partial charge in [-0.1, -0.05) is 31.2 Å². The number of hydrogen-bond acceptors (Lipinski definition) is 3. The number of amides is 2. The summed E-state index contributed by atoms with van der Waals surface area (Å²) >= 11 is 0. The van der Waals surface area contributed by atoms with Gasteiger partial charge in [0, 0.05) is 6.54 Å². The van der Waals surface area contributed by atoms with Gasteiger partial charge in [0.1, 0.15) is 11.6 Å². The number of nitrogens with one attached hydrogen (secondary N) is 2. The summed E-state index contributed by atoms with van der Waals surface area (Å²) in [6.07, 6.45) is 2.48. The zero-order valence-corrected chi connectivity index (χ0v) is 14.5. The number of hydrogen-bond donors (Lipinski definition) is 2. The molecule has 2 N–H and O–H groups in total. The summed E-state index contributed by atoms with van der Waals surface area (Å²) in [5, 5.41) is 5.72. The maximum Gasteiger partial charge on any atom is 0.245 e. The van der Waals surface area contributed by atoms with Crippen LogP contribution in [0, 0.1) is 0 Å². The number of rotatable bonds is 6. The molecular formula is C18H27N3O2. The maximum atomic E-state index is 13.0. The van der Waals surface area contributed by atoms with Crippen molar-refractivity contribution in [3.8, 4) is 0 Å². The number of nitrogens with zero attached hydrogens (tertiary/aromatic N) is 1. The molecule has 2 rings (SSSR count). The Bertz CT molecular complexity index is 585. The predicted molar refractivity (Wildman–Crippen MR) is 91.0 cm³/mol. The third-order valence-corrected chi connectivity index (χ3v) is 4.65. The number of carbonyl (C=O) groups is 2. The Kier molecular flexibility index (Phi) is 5.42. The lowest BCUT2D eigenvalue weighted by Crippen LogP contribution is -2.56. The molecule has 1 aromatic carbocycles. The van der Waals surface area contributed by atoms with Gasteiger partial charge in [-0.3, -0.25) is 14.5 Å². The molecule has 0 aromatic heterocycles. The van der Waals surface area contributed by atoms with Gasteiger partial charge in [0.2, 0.25) is 11.8 Å². The third kappa shape index (κ3) is 3.24. The SMILES string of the molecule is CCCNC(=O)[C@@H](C)NC(=O)[C@]1(N(C)C)CCc2ccccc21. The molecule has 0 spiro atoms. The second-order valence-electron chi connectivity index (χ2n) is 6.40. The van der Waals surface area contributed by atoms with Crippen LogP contribution in [0.15, 0.2) is 24.3 Å². The van der Waals surface area contributed by atoms with Gasteiger partial charge in [0.25, 0.3) is 0 Å². The van der Waals surface area contributed by atoms with Crippen molar-refractivity contribution in [2.45, 2.75) is 44.7 Å². The summed E-state index contributed by atoms with van der Waals surface area (Å²) in [6, 6.07) is 7.52. The van der Waals surface area contributed by atoms with Crippen LogP contribution in [0.5, 0.6) is 0 Å². The standard InChI is InChI=1S/C18H27N3O2/c1-5-12-19-16(22)13(2)20-17(23)18(21(3)4)11-10-14-8-6-7-9-15(14)18/h6-9,13H,5,10-12H2,1-4H3,(H,19,22)(H,20,23)/t13-,18+/m1/s1. The van der Waals surface area contributed by atoms with Crippen LogP contribution in [-0.4, -0.2) is 43.4 Å². The summed E-state index contributed by atoms with van der Waals surface area (Å²) in [5.74, 6) is -0.244. The highest BCUT2D eigenvalue weighted by Gasteiger charge is 2.47. The van der Waals surface area contributed by atoms with E-state index in [1.807, 2.05) is 44.1 Å². The van der Waals surface area contributed by atoms with Crippen molar-refractivity contribution < 1.29 is 9.59 Å². The molecule has 0 heterocycles. The molecule has 0 bridgehead atoms. The van der Waals surface area contributed by atoms with Gasteiger partial charge < -0.3 is 10.6 Å². The Morgan fingerprint density at radius 2 is 2.00 bits per heavy atom. The molecule has 1 aliphatic carbocycles. The molecule has 0 radical (unpaired) electrons. The fourth-order valence-electron chi connectivity index (χ4n) is 3.28. The molecule has 0 saturated carbocycles. The Hall–Kier alpha value is -1.88. The topological polar surface area (TPSA) is 61.4 Å². The van der Waals surface area contributed by atoms with E-state index in [-0.39, 0.29) is 11.8 Å². The van der Waals surface area contributed by atoms with Crippen molar-refractivity contribution in [1.29, 1.82) is 0 Å². The van der Waals surface area contributed by atoms with E-state index < -0.39 is 11.6 Å². The molecule has 0 saturated heterocycles. The molecule has 23 heavy (non-hydrogen) atoms. The largest absolute Gasteiger partial charge is 0.354 e. The fraction of sp³-hybridized carbons (Fsp3) is 0.556. The average molecular weight is 317 g/mol. The minimum atomic E-state index is -0.699. The molecule has 0 unspecified atom stereocenters. The van der Waals surface area contributed by atoms with Crippen LogP contribution in [0.1, 0.15) is 37.8 Å². The van der Waals surface area contributed by atoms with Crippen LogP contribution in [0.25, 0.3) is 0 Å². The first kappa shape index (κ1) is 17.5. The van der Waals surface area contributed by atoms with E-state index in [0.717, 1.165) is 24.8 Å². The molecule has 0 aliphatic heterocycles. The molecule has 1 aliphatic rings. The first-order valence-corrected chi connectivity index (χ1v) is 8.28. The van der Waals surface area contributed by atoms with E-state index in [9.17, 15) is 9.59 Å². The molecule has 2 amide bonds. The van der Waals surface area contributed by atoms with Crippen LogP contribution in [0.2, 0.25) is 0 Å². The lowest BCUT2D eigenvalue weighted by Gasteiger charge is -2.36. The molecule has 5 heteroatoms. The molecular weight excluding hydrogens is 290 g/mol. The predicted octanol–water partition coefficient (Wildman–Crippen LogP) is 1.42. The minimum Gasteiger partial charge on any atom is -0.354 e. The van der Waals surface area contributed by atoms with Crippen molar-refractivity contribution in [2.75, 3.05) is 20.6 Å². The first-order chi connectivity index (χ1) is 10.9. The second kappa shape index (κ2) is 7.13. The normalized spacial score (nSPS) is 20.9.